The molecule has 0 radical (unpaired) electrons. The van der Waals surface area contributed by atoms with Crippen molar-refractivity contribution < 1.29 is 34.2 Å². The summed E-state index contributed by atoms with van der Waals surface area (Å²) in [5.41, 5.74) is 12.5. The number of rotatable bonds is 20. The van der Waals surface area contributed by atoms with E-state index in [1.54, 1.807) is 0 Å². The van der Waals surface area contributed by atoms with Crippen LogP contribution < -0.4 is 22.1 Å². The molecular weight excluding hydrogens is 614 g/mol. The highest BCUT2D eigenvalue weighted by molar-refractivity contribution is 6.23. The molecule has 0 bridgehead atoms. The number of hydrogen-bond donors (Lipinski definition) is 7. The Bertz CT molecular complexity index is 1790. The van der Waals surface area contributed by atoms with Gasteiger partial charge in [0.1, 0.15) is 11.8 Å². The molecule has 3 atom stereocenters. The summed E-state index contributed by atoms with van der Waals surface area (Å²) in [4.78, 5) is 61.6. The second-order valence-corrected chi connectivity index (χ2v) is 12.3. The fraction of sp³-hybridized carbons (Fsp3) is 0.389. The Kier molecular flexibility index (Phi) is 12.4. The lowest BCUT2D eigenvalue weighted by atomic mass is 9.86. The van der Waals surface area contributed by atoms with Crippen LogP contribution in [-0.4, -0.2) is 64.2 Å². The predicted molar refractivity (Wildman–Crippen MR) is 184 cm³/mol. The minimum atomic E-state index is -1.29. The quantitative estimate of drug-likeness (QED) is 0.0316. The standard InChI is InChI=1S/C36H43N5O7/c37-27(7-1-2-8-30(38)39)29(42)20-25(35(46)40-18-17-28(36(47)48)41-31(43)9-4-10-32(44)45)19-24-14-13-23-12-11-21-5-3-6-22-15-16-26(24)34(23)33(21)22/h3,5-6,11-16,25,27-28H,1-2,4,7-10,17-20,37H2,(H3,38,39)(H,40,46)(H,41,43)(H,44,45)(H,47,48)/t25-,27-,28+/m0/s1. The number of benzene rings is 4. The summed E-state index contributed by atoms with van der Waals surface area (Å²) in [5, 5.41) is 37.4. The van der Waals surface area contributed by atoms with E-state index >= 15 is 0 Å². The Morgan fingerprint density at radius 1 is 0.792 bits per heavy atom. The number of aliphatic carboxylic acids is 2. The maximum Gasteiger partial charge on any atom is 0.326 e. The van der Waals surface area contributed by atoms with E-state index in [0.717, 1.165) is 37.9 Å². The van der Waals surface area contributed by atoms with Gasteiger partial charge in [0.15, 0.2) is 0 Å². The van der Waals surface area contributed by atoms with E-state index in [-0.39, 0.29) is 56.7 Å². The minimum Gasteiger partial charge on any atom is -0.481 e. The van der Waals surface area contributed by atoms with Crippen molar-refractivity contribution in [2.75, 3.05) is 6.54 Å². The number of nitrogens with two attached hydrogens (primary N) is 2. The Morgan fingerprint density at radius 3 is 2.12 bits per heavy atom. The SMILES string of the molecule is N=C(N)CCCC[C@H](N)C(=O)C[C@H](Cc1ccc2ccc3cccc4ccc1c2c34)C(=O)NCC[C@@H](NC(=O)CCCC(=O)O)C(=O)O. The van der Waals surface area contributed by atoms with Gasteiger partial charge < -0.3 is 32.3 Å². The summed E-state index contributed by atoms with van der Waals surface area (Å²) in [7, 11) is 0. The number of carboxylic acids is 2. The summed E-state index contributed by atoms with van der Waals surface area (Å²) in [5.74, 6) is -4.36. The van der Waals surface area contributed by atoms with E-state index in [4.69, 9.17) is 22.0 Å². The normalized spacial score (nSPS) is 13.3. The number of amidine groups is 1. The molecule has 0 aliphatic rings. The smallest absolute Gasteiger partial charge is 0.326 e. The van der Waals surface area contributed by atoms with Crippen LogP contribution in [0.1, 0.15) is 63.4 Å². The van der Waals surface area contributed by atoms with Gasteiger partial charge in [0.05, 0.1) is 11.9 Å². The van der Waals surface area contributed by atoms with Crippen molar-refractivity contribution in [3.8, 4) is 0 Å². The highest BCUT2D eigenvalue weighted by atomic mass is 16.4. The van der Waals surface area contributed by atoms with Gasteiger partial charge in [-0.05, 0) is 70.0 Å². The Balaban J connectivity index is 1.50. The van der Waals surface area contributed by atoms with Crippen molar-refractivity contribution in [1.82, 2.24) is 10.6 Å². The summed E-state index contributed by atoms with van der Waals surface area (Å²) < 4.78 is 0. The van der Waals surface area contributed by atoms with E-state index in [1.165, 1.54) is 0 Å². The molecule has 0 fully saturated rings. The molecule has 4 aromatic rings. The van der Waals surface area contributed by atoms with Crippen LogP contribution in [0, 0.1) is 11.3 Å². The maximum absolute atomic E-state index is 13.7. The molecule has 9 N–H and O–H groups in total. The summed E-state index contributed by atoms with van der Waals surface area (Å²) >= 11 is 0. The van der Waals surface area contributed by atoms with Crippen molar-refractivity contribution >= 4 is 67.7 Å². The van der Waals surface area contributed by atoms with Crippen LogP contribution in [0.4, 0.5) is 0 Å². The topological polar surface area (TPSA) is 226 Å². The van der Waals surface area contributed by atoms with E-state index in [0.29, 0.717) is 25.7 Å². The van der Waals surface area contributed by atoms with Crippen LogP contribution in [0.5, 0.6) is 0 Å². The van der Waals surface area contributed by atoms with Crippen molar-refractivity contribution in [3.63, 3.8) is 0 Å². The zero-order valence-corrected chi connectivity index (χ0v) is 26.8. The maximum atomic E-state index is 13.7. The van der Waals surface area contributed by atoms with Crippen molar-refractivity contribution in [2.45, 2.75) is 76.3 Å². The van der Waals surface area contributed by atoms with Crippen LogP contribution in [0.15, 0.2) is 54.6 Å². The Morgan fingerprint density at radius 2 is 1.46 bits per heavy atom. The van der Waals surface area contributed by atoms with E-state index in [9.17, 15) is 29.1 Å². The molecule has 0 aliphatic carbocycles. The van der Waals surface area contributed by atoms with Crippen molar-refractivity contribution in [3.05, 3.63) is 60.2 Å². The molecule has 0 unspecified atom stereocenters. The first-order valence-corrected chi connectivity index (χ1v) is 16.2. The lowest BCUT2D eigenvalue weighted by Crippen LogP contribution is -2.44. The predicted octanol–water partition coefficient (Wildman–Crippen LogP) is 3.86. The first-order valence-electron chi connectivity index (χ1n) is 16.2. The third-order valence-corrected chi connectivity index (χ3v) is 8.69. The van der Waals surface area contributed by atoms with Gasteiger partial charge in [-0.15, -0.1) is 0 Å². The molecule has 2 amide bonds. The number of nitrogens with one attached hydrogen (secondary N) is 3. The molecule has 12 heteroatoms. The van der Waals surface area contributed by atoms with E-state index < -0.39 is 41.8 Å². The van der Waals surface area contributed by atoms with Gasteiger partial charge in [0.2, 0.25) is 11.8 Å². The average molecular weight is 658 g/mol. The number of ketones is 1. The number of carboxylic acid groups (broad SMARTS) is 2. The molecule has 12 nitrogen and oxygen atoms in total. The highest BCUT2D eigenvalue weighted by Crippen LogP contribution is 2.36. The van der Waals surface area contributed by atoms with Crippen LogP contribution >= 0.6 is 0 Å². The second kappa shape index (κ2) is 16.6. The monoisotopic (exact) mass is 657 g/mol. The molecule has 0 saturated carbocycles. The molecule has 4 aromatic carbocycles. The van der Waals surface area contributed by atoms with Gasteiger partial charge in [-0.2, -0.15) is 0 Å². The number of carbonyl (C=O) groups is 5. The zero-order chi connectivity index (χ0) is 34.8. The van der Waals surface area contributed by atoms with Gasteiger partial charge in [0.25, 0.3) is 0 Å². The van der Waals surface area contributed by atoms with E-state index in [1.807, 2.05) is 30.3 Å². The molecule has 0 aromatic heterocycles. The van der Waals surface area contributed by atoms with Gasteiger partial charge in [-0.3, -0.25) is 24.6 Å². The molecule has 48 heavy (non-hydrogen) atoms. The molecule has 0 heterocycles. The zero-order valence-electron chi connectivity index (χ0n) is 26.8. The van der Waals surface area contributed by atoms with Crippen molar-refractivity contribution in [1.29, 1.82) is 5.41 Å². The molecule has 0 spiro atoms. The highest BCUT2D eigenvalue weighted by Gasteiger charge is 2.27. The van der Waals surface area contributed by atoms with Crippen LogP contribution in [-0.2, 0) is 30.4 Å². The molecule has 254 valence electrons. The molecule has 0 aliphatic heterocycles. The fourth-order valence-electron chi connectivity index (χ4n) is 6.14. The lowest BCUT2D eigenvalue weighted by molar-refractivity contribution is -0.142. The fourth-order valence-corrected chi connectivity index (χ4v) is 6.14. The number of carbonyl (C=O) groups excluding carboxylic acids is 3. The van der Waals surface area contributed by atoms with Crippen LogP contribution in [0.3, 0.4) is 0 Å². The first-order chi connectivity index (χ1) is 22.9. The second-order valence-electron chi connectivity index (χ2n) is 12.3. The Hall–Kier alpha value is -5.10. The summed E-state index contributed by atoms with van der Waals surface area (Å²) in [6, 6.07) is 16.3. The third-order valence-electron chi connectivity index (χ3n) is 8.69. The average Bonchev–Trinajstić information content (AvgIpc) is 3.04. The van der Waals surface area contributed by atoms with Crippen LogP contribution in [0.25, 0.3) is 32.3 Å². The number of unbranched alkanes of at least 4 members (excludes halogenated alkanes) is 1. The number of Topliss-reactive ketones (excluding diaryl/α,β-unsaturated/α-hetero) is 1. The Labute approximate surface area is 278 Å². The number of amides is 2. The van der Waals surface area contributed by atoms with E-state index in [2.05, 4.69) is 34.9 Å². The lowest BCUT2D eigenvalue weighted by Gasteiger charge is -2.21. The summed E-state index contributed by atoms with van der Waals surface area (Å²) in [6.07, 6.45) is 1.78. The largest absolute Gasteiger partial charge is 0.481 e. The molecule has 0 saturated heterocycles. The molecular formula is C36H43N5O7. The van der Waals surface area contributed by atoms with Gasteiger partial charge in [-0.1, -0.05) is 61.0 Å². The number of hydrogen-bond acceptors (Lipinski definition) is 7. The first kappa shape index (κ1) is 35.7. The minimum absolute atomic E-state index is 0.0713. The molecule has 4 rings (SSSR count). The van der Waals surface area contributed by atoms with Gasteiger partial charge in [0, 0.05) is 38.1 Å². The van der Waals surface area contributed by atoms with Crippen molar-refractivity contribution in [2.24, 2.45) is 17.4 Å². The van der Waals surface area contributed by atoms with Gasteiger partial charge in [-0.25, -0.2) is 4.79 Å². The summed E-state index contributed by atoms with van der Waals surface area (Å²) in [6.45, 7) is -0.0779. The third kappa shape index (κ3) is 9.47. The van der Waals surface area contributed by atoms with Crippen LogP contribution in [0.2, 0.25) is 0 Å². The van der Waals surface area contributed by atoms with Gasteiger partial charge >= 0.3 is 11.9 Å².